The maximum absolute atomic E-state index is 12.7. The van der Waals surface area contributed by atoms with Crippen molar-refractivity contribution >= 4 is 17.5 Å². The summed E-state index contributed by atoms with van der Waals surface area (Å²) in [7, 11) is 0. The van der Waals surface area contributed by atoms with Crippen LogP contribution in [0.1, 0.15) is 11.7 Å². The summed E-state index contributed by atoms with van der Waals surface area (Å²) in [6.45, 7) is 0.740. The molecule has 2 aromatic rings. The van der Waals surface area contributed by atoms with Crippen molar-refractivity contribution < 1.29 is 14.3 Å². The maximum atomic E-state index is 12.7. The van der Waals surface area contributed by atoms with E-state index in [9.17, 15) is 14.3 Å². The number of carbonyl (C=O) groups is 1. The van der Waals surface area contributed by atoms with E-state index in [1.54, 1.807) is 10.9 Å². The summed E-state index contributed by atoms with van der Waals surface area (Å²) in [5.74, 6) is -0.966. The molecule has 0 saturated carbocycles. The van der Waals surface area contributed by atoms with Crippen LogP contribution in [0.15, 0.2) is 36.7 Å². The summed E-state index contributed by atoms with van der Waals surface area (Å²) in [6, 6.07) is 5.12. The fourth-order valence-electron chi connectivity index (χ4n) is 1.65. The predicted octanol–water partition coefficient (Wildman–Crippen LogP) is 1.53. The van der Waals surface area contributed by atoms with Crippen molar-refractivity contribution in [3.63, 3.8) is 0 Å². The zero-order valence-electron chi connectivity index (χ0n) is 10.5. The van der Waals surface area contributed by atoms with E-state index in [1.807, 2.05) is 0 Å². The second-order valence-electron chi connectivity index (χ2n) is 4.17. The van der Waals surface area contributed by atoms with E-state index in [4.69, 9.17) is 11.6 Å². The Kier molecular flexibility index (Phi) is 4.70. The standard InChI is InChI=1S/C13H13ClFN3O2/c14-10-7-17-18(8-10)6-5-16-13(20)12(19)9-1-3-11(15)4-2-9/h1-4,7-8,12,19H,5-6H2,(H,16,20)/t12-/m1/s1. The van der Waals surface area contributed by atoms with Crippen LogP contribution in [0.2, 0.25) is 5.02 Å². The molecule has 20 heavy (non-hydrogen) atoms. The summed E-state index contributed by atoms with van der Waals surface area (Å²) >= 11 is 5.70. The molecule has 1 heterocycles. The number of amides is 1. The second-order valence-corrected chi connectivity index (χ2v) is 4.60. The Hall–Kier alpha value is -1.92. The van der Waals surface area contributed by atoms with Gasteiger partial charge in [0.05, 0.1) is 17.8 Å². The molecule has 1 aromatic carbocycles. The highest BCUT2D eigenvalue weighted by atomic mass is 35.5. The third-order valence-corrected chi connectivity index (χ3v) is 2.87. The maximum Gasteiger partial charge on any atom is 0.253 e. The molecule has 0 aliphatic heterocycles. The average Bonchev–Trinajstić information content (AvgIpc) is 2.84. The molecular weight excluding hydrogens is 285 g/mol. The van der Waals surface area contributed by atoms with Gasteiger partial charge in [-0.15, -0.1) is 0 Å². The van der Waals surface area contributed by atoms with Gasteiger partial charge < -0.3 is 10.4 Å². The summed E-state index contributed by atoms with van der Waals surface area (Å²) < 4.78 is 14.3. The molecule has 0 saturated heterocycles. The number of halogens is 2. The lowest BCUT2D eigenvalue weighted by molar-refractivity contribution is -0.129. The Balaban J connectivity index is 1.83. The lowest BCUT2D eigenvalue weighted by Crippen LogP contribution is -2.32. The highest BCUT2D eigenvalue weighted by Crippen LogP contribution is 2.13. The quantitative estimate of drug-likeness (QED) is 0.879. The van der Waals surface area contributed by atoms with Gasteiger partial charge in [-0.25, -0.2) is 4.39 Å². The summed E-state index contributed by atoms with van der Waals surface area (Å²) in [4.78, 5) is 11.7. The van der Waals surface area contributed by atoms with Crippen molar-refractivity contribution in [3.05, 3.63) is 53.1 Å². The molecule has 0 aliphatic carbocycles. The van der Waals surface area contributed by atoms with E-state index >= 15 is 0 Å². The van der Waals surface area contributed by atoms with Crippen molar-refractivity contribution in [3.8, 4) is 0 Å². The van der Waals surface area contributed by atoms with Crippen molar-refractivity contribution in [2.45, 2.75) is 12.6 Å². The number of hydrogen-bond donors (Lipinski definition) is 2. The normalized spacial score (nSPS) is 12.2. The number of nitrogens with one attached hydrogen (secondary N) is 1. The first kappa shape index (κ1) is 14.5. The first-order valence-electron chi connectivity index (χ1n) is 5.95. The van der Waals surface area contributed by atoms with Gasteiger partial charge in [0, 0.05) is 12.7 Å². The van der Waals surface area contributed by atoms with E-state index < -0.39 is 17.8 Å². The SMILES string of the molecule is O=C(NCCn1cc(Cl)cn1)[C@H](O)c1ccc(F)cc1. The number of hydrogen-bond acceptors (Lipinski definition) is 3. The molecule has 106 valence electrons. The zero-order valence-corrected chi connectivity index (χ0v) is 11.2. The van der Waals surface area contributed by atoms with Gasteiger partial charge in [0.15, 0.2) is 6.10 Å². The number of aliphatic hydroxyl groups excluding tert-OH is 1. The Morgan fingerprint density at radius 2 is 2.15 bits per heavy atom. The summed E-state index contributed by atoms with van der Waals surface area (Å²) in [5.41, 5.74) is 0.339. The smallest absolute Gasteiger partial charge is 0.253 e. The van der Waals surface area contributed by atoms with Crippen molar-refractivity contribution in [2.24, 2.45) is 0 Å². The van der Waals surface area contributed by atoms with Gasteiger partial charge in [-0.1, -0.05) is 23.7 Å². The Morgan fingerprint density at radius 3 is 2.75 bits per heavy atom. The van der Waals surface area contributed by atoms with Crippen molar-refractivity contribution in [1.29, 1.82) is 0 Å². The van der Waals surface area contributed by atoms with Gasteiger partial charge in [0.2, 0.25) is 0 Å². The number of benzene rings is 1. The molecule has 0 spiro atoms. The molecule has 0 bridgehead atoms. The average molecular weight is 298 g/mol. The fourth-order valence-corrected chi connectivity index (χ4v) is 1.80. The molecule has 0 fully saturated rings. The zero-order chi connectivity index (χ0) is 14.5. The highest BCUT2D eigenvalue weighted by molar-refractivity contribution is 6.30. The first-order valence-corrected chi connectivity index (χ1v) is 6.33. The third kappa shape index (κ3) is 3.79. The molecule has 7 heteroatoms. The fraction of sp³-hybridized carbons (Fsp3) is 0.231. The number of nitrogens with zero attached hydrogens (tertiary/aromatic N) is 2. The molecule has 1 amide bonds. The van der Waals surface area contributed by atoms with Crippen LogP contribution in [-0.2, 0) is 11.3 Å². The van der Waals surface area contributed by atoms with Crippen LogP contribution in [0.3, 0.4) is 0 Å². The first-order chi connectivity index (χ1) is 9.56. The van der Waals surface area contributed by atoms with E-state index in [2.05, 4.69) is 10.4 Å². The molecule has 2 N–H and O–H groups in total. The van der Waals surface area contributed by atoms with E-state index in [-0.39, 0.29) is 0 Å². The van der Waals surface area contributed by atoms with Crippen molar-refractivity contribution in [2.75, 3.05) is 6.54 Å². The van der Waals surface area contributed by atoms with Crippen LogP contribution >= 0.6 is 11.6 Å². The van der Waals surface area contributed by atoms with Gasteiger partial charge in [0.1, 0.15) is 5.82 Å². The Labute approximate surface area is 120 Å². The molecule has 5 nitrogen and oxygen atoms in total. The van der Waals surface area contributed by atoms with Crippen LogP contribution in [-0.4, -0.2) is 27.3 Å². The molecule has 1 aromatic heterocycles. The predicted molar refractivity (Wildman–Crippen MR) is 71.6 cm³/mol. The molecular formula is C13H13ClFN3O2. The number of aliphatic hydroxyl groups is 1. The minimum Gasteiger partial charge on any atom is -0.378 e. The molecule has 0 aliphatic rings. The minimum atomic E-state index is -1.32. The largest absolute Gasteiger partial charge is 0.378 e. The molecule has 0 unspecified atom stereocenters. The van der Waals surface area contributed by atoms with Crippen LogP contribution in [0, 0.1) is 5.82 Å². The number of rotatable bonds is 5. The van der Waals surface area contributed by atoms with Crippen LogP contribution in [0.5, 0.6) is 0 Å². The number of aromatic nitrogens is 2. The van der Waals surface area contributed by atoms with E-state index in [1.165, 1.54) is 30.5 Å². The summed E-state index contributed by atoms with van der Waals surface area (Å²) in [5, 5.41) is 16.8. The number of carbonyl (C=O) groups excluding carboxylic acids is 1. The third-order valence-electron chi connectivity index (χ3n) is 2.68. The van der Waals surface area contributed by atoms with Gasteiger partial charge >= 0.3 is 0 Å². The molecule has 0 radical (unpaired) electrons. The van der Waals surface area contributed by atoms with Crippen LogP contribution in [0.4, 0.5) is 4.39 Å². The highest BCUT2D eigenvalue weighted by Gasteiger charge is 2.16. The van der Waals surface area contributed by atoms with Gasteiger partial charge in [0.25, 0.3) is 5.91 Å². The van der Waals surface area contributed by atoms with Crippen LogP contribution in [0.25, 0.3) is 0 Å². The monoisotopic (exact) mass is 297 g/mol. The molecule has 2 rings (SSSR count). The van der Waals surface area contributed by atoms with Crippen molar-refractivity contribution in [1.82, 2.24) is 15.1 Å². The van der Waals surface area contributed by atoms with E-state index in [0.29, 0.717) is 23.7 Å². The lowest BCUT2D eigenvalue weighted by atomic mass is 10.1. The minimum absolute atomic E-state index is 0.301. The summed E-state index contributed by atoms with van der Waals surface area (Å²) in [6.07, 6.45) is 1.80. The van der Waals surface area contributed by atoms with Gasteiger partial charge in [-0.3, -0.25) is 9.48 Å². The van der Waals surface area contributed by atoms with Gasteiger partial charge in [-0.2, -0.15) is 5.10 Å². The Morgan fingerprint density at radius 1 is 1.45 bits per heavy atom. The van der Waals surface area contributed by atoms with Crippen LogP contribution < -0.4 is 5.32 Å². The lowest BCUT2D eigenvalue weighted by Gasteiger charge is -2.11. The Bertz CT molecular complexity index is 586. The van der Waals surface area contributed by atoms with E-state index in [0.717, 1.165) is 0 Å². The second kappa shape index (κ2) is 6.49. The molecule has 1 atom stereocenters. The van der Waals surface area contributed by atoms with Gasteiger partial charge in [-0.05, 0) is 17.7 Å². The topological polar surface area (TPSA) is 67.2 Å².